The van der Waals surface area contributed by atoms with Crippen LogP contribution in [0.5, 0.6) is 0 Å². The molecule has 0 amide bonds. The van der Waals surface area contributed by atoms with Gasteiger partial charge in [0.2, 0.25) is 0 Å². The number of hydrogen-bond donors (Lipinski definition) is 1. The van der Waals surface area contributed by atoms with Gasteiger partial charge in [-0.25, -0.2) is 4.98 Å². The summed E-state index contributed by atoms with van der Waals surface area (Å²) in [6.45, 7) is 9.60. The summed E-state index contributed by atoms with van der Waals surface area (Å²) < 4.78 is 0. The first-order valence-corrected chi connectivity index (χ1v) is 7.67. The van der Waals surface area contributed by atoms with Crippen LogP contribution in [0, 0.1) is 6.92 Å². The van der Waals surface area contributed by atoms with Crippen molar-refractivity contribution in [2.45, 2.75) is 6.92 Å². The maximum Gasteiger partial charge on any atom is 0.0730 e. The van der Waals surface area contributed by atoms with Gasteiger partial charge >= 0.3 is 0 Å². The zero-order valence-electron chi connectivity index (χ0n) is 12.9. The van der Waals surface area contributed by atoms with Gasteiger partial charge in [-0.15, -0.1) is 0 Å². The molecule has 114 valence electrons. The van der Waals surface area contributed by atoms with Gasteiger partial charge in [-0.2, -0.15) is 0 Å². The normalized spacial score (nSPS) is 10.7. The zero-order chi connectivity index (χ0) is 16.6. The first-order chi connectivity index (χ1) is 11.0. The van der Waals surface area contributed by atoms with Gasteiger partial charge < -0.3 is 5.73 Å². The van der Waals surface area contributed by atoms with Crippen molar-refractivity contribution in [1.29, 1.82) is 0 Å². The van der Waals surface area contributed by atoms with Crippen LogP contribution in [-0.4, -0.2) is 4.98 Å². The molecule has 0 saturated heterocycles. The number of aryl methyl sites for hydroxylation is 1. The third kappa shape index (κ3) is 2.73. The van der Waals surface area contributed by atoms with Crippen molar-refractivity contribution >= 4 is 40.3 Å². The molecule has 0 bridgehead atoms. The summed E-state index contributed by atoms with van der Waals surface area (Å²) in [6.07, 6.45) is 3.55. The highest BCUT2D eigenvalue weighted by Gasteiger charge is 2.10. The number of pyridine rings is 1. The van der Waals surface area contributed by atoms with Crippen LogP contribution in [0.2, 0.25) is 5.02 Å². The van der Waals surface area contributed by atoms with Crippen LogP contribution in [0.1, 0.15) is 16.7 Å². The first-order valence-electron chi connectivity index (χ1n) is 7.29. The maximum absolute atomic E-state index is 6.44. The maximum atomic E-state index is 6.44. The van der Waals surface area contributed by atoms with E-state index >= 15 is 0 Å². The Labute approximate surface area is 140 Å². The Hall–Kier alpha value is -2.58. The van der Waals surface area contributed by atoms with Crippen LogP contribution >= 0.6 is 11.6 Å². The van der Waals surface area contributed by atoms with E-state index in [2.05, 4.69) is 13.2 Å². The molecular weight excluding hydrogens is 304 g/mol. The molecule has 2 N–H and O–H groups in total. The highest BCUT2D eigenvalue weighted by atomic mass is 35.5. The van der Waals surface area contributed by atoms with Crippen LogP contribution in [0.25, 0.3) is 34.3 Å². The van der Waals surface area contributed by atoms with E-state index < -0.39 is 0 Å². The molecule has 0 atom stereocenters. The zero-order valence-corrected chi connectivity index (χ0v) is 13.7. The Morgan fingerprint density at radius 3 is 2.57 bits per heavy atom. The average molecular weight is 321 g/mol. The average Bonchev–Trinajstić information content (AvgIpc) is 2.56. The van der Waals surface area contributed by atoms with Crippen LogP contribution in [0.15, 0.2) is 49.6 Å². The lowest BCUT2D eigenvalue weighted by Crippen LogP contribution is -1.95. The minimum Gasteiger partial charge on any atom is -0.398 e. The van der Waals surface area contributed by atoms with Gasteiger partial charge in [-0.1, -0.05) is 49.0 Å². The van der Waals surface area contributed by atoms with Gasteiger partial charge in [-0.05, 0) is 47.9 Å². The van der Waals surface area contributed by atoms with Crippen molar-refractivity contribution in [2.24, 2.45) is 0 Å². The van der Waals surface area contributed by atoms with Crippen LogP contribution in [0.3, 0.4) is 0 Å². The number of halogens is 1. The Morgan fingerprint density at radius 1 is 1.09 bits per heavy atom. The highest BCUT2D eigenvalue weighted by Crippen LogP contribution is 2.31. The second kappa shape index (κ2) is 5.90. The first kappa shape index (κ1) is 15.3. The monoisotopic (exact) mass is 320 g/mol. The molecule has 1 heterocycles. The van der Waals surface area contributed by atoms with Gasteiger partial charge in [0, 0.05) is 16.6 Å². The molecule has 2 aromatic carbocycles. The second-order valence-corrected chi connectivity index (χ2v) is 5.88. The number of hydrogen-bond acceptors (Lipinski definition) is 2. The summed E-state index contributed by atoms with van der Waals surface area (Å²) in [5.74, 6) is 0. The number of benzene rings is 2. The van der Waals surface area contributed by atoms with Crippen molar-refractivity contribution in [1.82, 2.24) is 4.98 Å². The van der Waals surface area contributed by atoms with Crippen molar-refractivity contribution in [3.05, 3.63) is 71.3 Å². The summed E-state index contributed by atoms with van der Waals surface area (Å²) in [5.41, 5.74) is 12.4. The van der Waals surface area contributed by atoms with E-state index in [4.69, 9.17) is 22.3 Å². The predicted octanol–water partition coefficient (Wildman–Crippen LogP) is 5.73. The van der Waals surface area contributed by atoms with Gasteiger partial charge in [0.25, 0.3) is 0 Å². The summed E-state index contributed by atoms with van der Waals surface area (Å²) in [5, 5.41) is 1.60. The van der Waals surface area contributed by atoms with Gasteiger partial charge in [0.05, 0.1) is 16.2 Å². The Morgan fingerprint density at radius 2 is 1.87 bits per heavy atom. The lowest BCUT2D eigenvalue weighted by atomic mass is 10.0. The van der Waals surface area contributed by atoms with E-state index in [1.807, 2.05) is 43.3 Å². The largest absolute Gasteiger partial charge is 0.398 e. The number of fused-ring (bicyclic) bond motifs is 1. The van der Waals surface area contributed by atoms with Crippen molar-refractivity contribution in [3.63, 3.8) is 0 Å². The highest BCUT2D eigenvalue weighted by molar-refractivity contribution is 6.35. The fourth-order valence-corrected chi connectivity index (χ4v) is 2.88. The number of nitrogen functional groups attached to an aromatic ring is 1. The van der Waals surface area contributed by atoms with Gasteiger partial charge in [0.1, 0.15) is 0 Å². The minimum atomic E-state index is 0.676. The van der Waals surface area contributed by atoms with Crippen molar-refractivity contribution in [2.75, 3.05) is 5.73 Å². The summed E-state index contributed by atoms with van der Waals surface area (Å²) in [6, 6.07) is 11.8. The third-order valence-electron chi connectivity index (χ3n) is 3.95. The molecule has 0 saturated carbocycles. The molecule has 0 fully saturated rings. The molecule has 0 unspecified atom stereocenters. The molecule has 3 aromatic rings. The molecule has 0 spiro atoms. The second-order valence-electron chi connectivity index (χ2n) is 5.47. The summed E-state index contributed by atoms with van der Waals surface area (Å²) in [4.78, 5) is 4.75. The summed E-state index contributed by atoms with van der Waals surface area (Å²) >= 11 is 6.44. The Bertz CT molecular complexity index is 942. The molecule has 0 aliphatic carbocycles. The number of rotatable bonds is 3. The molecule has 0 radical (unpaired) electrons. The van der Waals surface area contributed by atoms with Crippen molar-refractivity contribution in [3.8, 4) is 11.3 Å². The number of aromatic nitrogens is 1. The Balaban J connectivity index is 2.26. The van der Waals surface area contributed by atoms with E-state index in [1.54, 1.807) is 12.2 Å². The molecule has 3 rings (SSSR count). The van der Waals surface area contributed by atoms with Gasteiger partial charge in [0.15, 0.2) is 0 Å². The molecule has 0 aliphatic rings. The minimum absolute atomic E-state index is 0.676. The van der Waals surface area contributed by atoms with E-state index in [0.29, 0.717) is 5.02 Å². The van der Waals surface area contributed by atoms with E-state index in [0.717, 1.165) is 44.5 Å². The summed E-state index contributed by atoms with van der Waals surface area (Å²) in [7, 11) is 0. The lowest BCUT2D eigenvalue weighted by molar-refractivity contribution is 1.37. The van der Waals surface area contributed by atoms with E-state index in [1.165, 1.54) is 0 Å². The fraction of sp³-hybridized carbons (Fsp3) is 0.0500. The SMILES string of the molecule is C=Cc1ccc2c(Cl)cc(-c3cc(C)c(N)c(C=C)c3)nc2c1. The van der Waals surface area contributed by atoms with Crippen molar-refractivity contribution < 1.29 is 0 Å². The molecule has 2 nitrogen and oxygen atoms in total. The molecule has 1 aromatic heterocycles. The van der Waals surface area contributed by atoms with Crippen LogP contribution < -0.4 is 5.73 Å². The molecule has 3 heteroatoms. The topological polar surface area (TPSA) is 38.9 Å². The molecule has 0 aliphatic heterocycles. The number of nitrogens with zero attached hydrogens (tertiary/aromatic N) is 1. The van der Waals surface area contributed by atoms with Crippen LogP contribution in [-0.2, 0) is 0 Å². The predicted molar refractivity (Wildman–Crippen MR) is 102 cm³/mol. The standard InChI is InChI=1S/C20H17ClN2/c1-4-13-6-7-16-17(21)11-18(23-19(16)9-13)15-8-12(3)20(22)14(5-2)10-15/h4-11H,1-2,22H2,3H3. The molecule has 23 heavy (non-hydrogen) atoms. The lowest BCUT2D eigenvalue weighted by Gasteiger charge is -2.11. The quantitative estimate of drug-likeness (QED) is 0.626. The third-order valence-corrected chi connectivity index (χ3v) is 4.27. The van der Waals surface area contributed by atoms with Gasteiger partial charge in [-0.3, -0.25) is 0 Å². The fourth-order valence-electron chi connectivity index (χ4n) is 2.62. The van der Waals surface area contributed by atoms with E-state index in [9.17, 15) is 0 Å². The number of nitrogens with two attached hydrogens (primary N) is 1. The van der Waals surface area contributed by atoms with E-state index in [-0.39, 0.29) is 0 Å². The number of anilines is 1. The smallest absolute Gasteiger partial charge is 0.0730 e. The molecular formula is C20H17ClN2. The van der Waals surface area contributed by atoms with Crippen LogP contribution in [0.4, 0.5) is 5.69 Å². The Kier molecular flexibility index (Phi) is 3.93.